The maximum atomic E-state index is 8.71. The van der Waals surface area contributed by atoms with E-state index in [-0.39, 0.29) is 6.61 Å². The molecule has 2 aromatic carbocycles. The minimum Gasteiger partial charge on any atom is -0.394 e. The van der Waals surface area contributed by atoms with Crippen molar-refractivity contribution in [2.75, 3.05) is 44.9 Å². The number of hydrogen-bond acceptors (Lipinski definition) is 6. The molecular formula is C30H39N3O3. The van der Waals surface area contributed by atoms with Gasteiger partial charge in [0.2, 0.25) is 0 Å². The lowest BCUT2D eigenvalue weighted by Crippen LogP contribution is -2.11. The van der Waals surface area contributed by atoms with Crippen molar-refractivity contribution in [1.82, 2.24) is 9.97 Å². The third kappa shape index (κ3) is 7.36. The number of rotatable bonds is 15. The predicted octanol–water partition coefficient (Wildman–Crippen LogP) is 5.19. The van der Waals surface area contributed by atoms with Gasteiger partial charge in [0.25, 0.3) is 0 Å². The zero-order valence-corrected chi connectivity index (χ0v) is 21.6. The summed E-state index contributed by atoms with van der Waals surface area (Å²) in [5.74, 6) is 2.44. The fourth-order valence-electron chi connectivity index (χ4n) is 4.72. The number of benzene rings is 2. The topological polar surface area (TPSA) is 76.5 Å². The summed E-state index contributed by atoms with van der Waals surface area (Å²) in [6.07, 6.45) is 4.86. The SMILES string of the molecule is Cc1ccc2c(c1)Cc1nc(Cc3ccccc3)nc(NCCCC(C)CCOCCOCCO)c1-2. The molecule has 0 saturated heterocycles. The van der Waals surface area contributed by atoms with Crippen LogP contribution in [0.15, 0.2) is 48.5 Å². The number of nitrogens with one attached hydrogen (secondary N) is 1. The molecule has 1 atom stereocenters. The summed E-state index contributed by atoms with van der Waals surface area (Å²) in [5, 5.41) is 12.4. The number of nitrogens with zero attached hydrogens (tertiary/aromatic N) is 2. The van der Waals surface area contributed by atoms with Crippen molar-refractivity contribution in [2.24, 2.45) is 5.92 Å². The Morgan fingerprint density at radius 1 is 0.972 bits per heavy atom. The predicted molar refractivity (Wildman–Crippen MR) is 144 cm³/mol. The van der Waals surface area contributed by atoms with Crippen molar-refractivity contribution in [3.8, 4) is 11.1 Å². The van der Waals surface area contributed by atoms with Crippen molar-refractivity contribution in [2.45, 2.75) is 46.0 Å². The average Bonchev–Trinajstić information content (AvgIpc) is 3.24. The molecule has 1 aliphatic rings. The van der Waals surface area contributed by atoms with Crippen LogP contribution in [0.2, 0.25) is 0 Å². The van der Waals surface area contributed by atoms with E-state index < -0.39 is 0 Å². The Balaban J connectivity index is 1.34. The summed E-state index contributed by atoms with van der Waals surface area (Å²) in [6, 6.07) is 17.1. The van der Waals surface area contributed by atoms with Crippen molar-refractivity contribution >= 4 is 5.82 Å². The van der Waals surface area contributed by atoms with Crippen LogP contribution in [0.25, 0.3) is 11.1 Å². The Kier molecular flexibility index (Phi) is 9.84. The first-order valence-electron chi connectivity index (χ1n) is 13.2. The molecule has 0 saturated carbocycles. The molecule has 1 aromatic heterocycles. The molecule has 0 amide bonds. The van der Waals surface area contributed by atoms with Gasteiger partial charge in [0.15, 0.2) is 0 Å². The van der Waals surface area contributed by atoms with Gasteiger partial charge in [0.05, 0.1) is 32.1 Å². The lowest BCUT2D eigenvalue weighted by molar-refractivity contribution is 0.0297. The molecule has 0 radical (unpaired) electrons. The standard InChI is InChI=1S/C30H39N3O3/c1-22(12-15-35-17-18-36-16-14-34)7-6-13-31-30-29-26-11-10-23(2)19-25(26)21-27(29)32-28(33-30)20-24-8-4-3-5-9-24/h3-5,8-11,19,22,34H,6-7,12-18,20-21H2,1-2H3,(H,31,32,33). The van der Waals surface area contributed by atoms with E-state index in [4.69, 9.17) is 24.5 Å². The van der Waals surface area contributed by atoms with E-state index in [1.165, 1.54) is 27.8 Å². The average molecular weight is 490 g/mol. The molecule has 0 spiro atoms. The van der Waals surface area contributed by atoms with Crippen LogP contribution in [0.5, 0.6) is 0 Å². The molecule has 6 heteroatoms. The first-order chi connectivity index (χ1) is 17.6. The number of aliphatic hydroxyl groups is 1. The zero-order valence-electron chi connectivity index (χ0n) is 21.6. The lowest BCUT2D eigenvalue weighted by atomic mass is 10.0. The van der Waals surface area contributed by atoms with Crippen molar-refractivity contribution in [1.29, 1.82) is 0 Å². The monoisotopic (exact) mass is 489 g/mol. The lowest BCUT2D eigenvalue weighted by Gasteiger charge is -2.15. The minimum atomic E-state index is 0.0589. The first kappa shape index (κ1) is 26.3. The van der Waals surface area contributed by atoms with Crippen LogP contribution >= 0.6 is 0 Å². The summed E-state index contributed by atoms with van der Waals surface area (Å²) in [5.41, 5.74) is 7.42. The minimum absolute atomic E-state index is 0.0589. The normalized spacial score (nSPS) is 12.9. The Morgan fingerprint density at radius 2 is 1.78 bits per heavy atom. The zero-order chi connectivity index (χ0) is 25.2. The van der Waals surface area contributed by atoms with Gasteiger partial charge in [-0.1, -0.05) is 61.0 Å². The van der Waals surface area contributed by atoms with Crippen LogP contribution in [-0.2, 0) is 22.3 Å². The number of aromatic nitrogens is 2. The van der Waals surface area contributed by atoms with Crippen molar-refractivity contribution < 1.29 is 14.6 Å². The summed E-state index contributed by atoms with van der Waals surface area (Å²) in [4.78, 5) is 9.99. The maximum absolute atomic E-state index is 8.71. The molecule has 3 aromatic rings. The Morgan fingerprint density at radius 3 is 2.58 bits per heavy atom. The number of hydrogen-bond donors (Lipinski definition) is 2. The van der Waals surface area contributed by atoms with Crippen LogP contribution in [0.3, 0.4) is 0 Å². The van der Waals surface area contributed by atoms with Gasteiger partial charge in [-0.2, -0.15) is 0 Å². The fourth-order valence-corrected chi connectivity index (χ4v) is 4.72. The molecule has 6 nitrogen and oxygen atoms in total. The van der Waals surface area contributed by atoms with Crippen LogP contribution in [-0.4, -0.2) is 54.7 Å². The number of ether oxygens (including phenoxy) is 2. The Labute approximate surface area is 215 Å². The van der Waals surface area contributed by atoms with Gasteiger partial charge >= 0.3 is 0 Å². The van der Waals surface area contributed by atoms with Crippen LogP contribution in [0.1, 0.15) is 54.4 Å². The van der Waals surface area contributed by atoms with Gasteiger partial charge in [-0.3, -0.25) is 0 Å². The molecule has 0 fully saturated rings. The van der Waals surface area contributed by atoms with Crippen molar-refractivity contribution in [3.63, 3.8) is 0 Å². The quantitative estimate of drug-likeness (QED) is 0.224. The molecule has 36 heavy (non-hydrogen) atoms. The van der Waals surface area contributed by atoms with E-state index in [9.17, 15) is 0 Å². The highest BCUT2D eigenvalue weighted by molar-refractivity contribution is 5.84. The largest absolute Gasteiger partial charge is 0.394 e. The third-order valence-electron chi connectivity index (χ3n) is 6.65. The molecule has 0 aliphatic heterocycles. The van der Waals surface area contributed by atoms with Gasteiger partial charge in [0.1, 0.15) is 11.6 Å². The highest BCUT2D eigenvalue weighted by Crippen LogP contribution is 2.40. The summed E-state index contributed by atoms with van der Waals surface area (Å²) < 4.78 is 10.9. The summed E-state index contributed by atoms with van der Waals surface area (Å²) in [7, 11) is 0. The van der Waals surface area contributed by atoms with Gasteiger partial charge in [-0.15, -0.1) is 0 Å². The molecule has 0 bridgehead atoms. The number of anilines is 1. The van der Waals surface area contributed by atoms with Gasteiger partial charge in [-0.25, -0.2) is 9.97 Å². The molecular weight excluding hydrogens is 450 g/mol. The Hall–Kier alpha value is -2.80. The third-order valence-corrected chi connectivity index (χ3v) is 6.65. The van der Waals surface area contributed by atoms with E-state index in [1.54, 1.807) is 0 Å². The molecule has 2 N–H and O–H groups in total. The second-order valence-electron chi connectivity index (χ2n) is 9.72. The molecule has 1 unspecified atom stereocenters. The van der Waals surface area contributed by atoms with E-state index in [0.717, 1.165) is 62.6 Å². The van der Waals surface area contributed by atoms with Crippen LogP contribution in [0, 0.1) is 12.8 Å². The fraction of sp³-hybridized carbons (Fsp3) is 0.467. The van der Waals surface area contributed by atoms with Gasteiger partial charge < -0.3 is 19.9 Å². The molecule has 4 rings (SSSR count). The number of aryl methyl sites for hydroxylation is 1. The highest BCUT2D eigenvalue weighted by atomic mass is 16.5. The van der Waals surface area contributed by atoms with E-state index >= 15 is 0 Å². The second-order valence-corrected chi connectivity index (χ2v) is 9.72. The Bertz CT molecular complexity index is 1100. The summed E-state index contributed by atoms with van der Waals surface area (Å²) in [6.45, 7) is 7.61. The number of fused-ring (bicyclic) bond motifs is 3. The maximum Gasteiger partial charge on any atom is 0.137 e. The van der Waals surface area contributed by atoms with Gasteiger partial charge in [-0.05, 0) is 48.8 Å². The number of aliphatic hydroxyl groups excluding tert-OH is 1. The highest BCUT2D eigenvalue weighted by Gasteiger charge is 2.25. The van der Waals surface area contributed by atoms with Crippen LogP contribution in [0.4, 0.5) is 5.82 Å². The van der Waals surface area contributed by atoms with Crippen LogP contribution < -0.4 is 5.32 Å². The van der Waals surface area contributed by atoms with E-state index in [1.807, 2.05) is 6.07 Å². The molecule has 1 heterocycles. The van der Waals surface area contributed by atoms with Crippen molar-refractivity contribution in [3.05, 3.63) is 76.7 Å². The van der Waals surface area contributed by atoms with E-state index in [2.05, 4.69) is 61.6 Å². The first-order valence-corrected chi connectivity index (χ1v) is 13.2. The molecule has 192 valence electrons. The summed E-state index contributed by atoms with van der Waals surface area (Å²) >= 11 is 0. The smallest absolute Gasteiger partial charge is 0.137 e. The second kappa shape index (κ2) is 13.5. The molecule has 1 aliphatic carbocycles. The van der Waals surface area contributed by atoms with E-state index in [0.29, 0.717) is 25.7 Å². The van der Waals surface area contributed by atoms with Gasteiger partial charge in [0, 0.05) is 31.6 Å².